The van der Waals surface area contributed by atoms with Gasteiger partial charge >= 0.3 is 0 Å². The van der Waals surface area contributed by atoms with Crippen molar-refractivity contribution >= 4 is 22.9 Å². The van der Waals surface area contributed by atoms with E-state index in [9.17, 15) is 0 Å². The van der Waals surface area contributed by atoms with E-state index < -0.39 is 0 Å². The quantitative estimate of drug-likeness (QED) is 0.912. The molecule has 0 spiro atoms. The van der Waals surface area contributed by atoms with Crippen molar-refractivity contribution in [2.75, 3.05) is 0 Å². The highest BCUT2D eigenvalue weighted by Gasteiger charge is 2.05. The van der Waals surface area contributed by atoms with Gasteiger partial charge in [-0.1, -0.05) is 29.5 Å². The number of aliphatic hydroxyl groups is 1. The summed E-state index contributed by atoms with van der Waals surface area (Å²) in [5.74, 6) is 0.649. The highest BCUT2D eigenvalue weighted by atomic mass is 35.5. The predicted octanol–water partition coefficient (Wildman–Crippen LogP) is 2.26. The van der Waals surface area contributed by atoms with Crippen molar-refractivity contribution in [2.45, 2.75) is 13.2 Å². The average molecular weight is 257 g/mol. The van der Waals surface area contributed by atoms with Gasteiger partial charge in [-0.3, -0.25) is 0 Å². The number of nitrogens with zero attached hydrogens (tertiary/aromatic N) is 2. The average Bonchev–Trinajstić information content (AvgIpc) is 2.73. The van der Waals surface area contributed by atoms with Gasteiger partial charge in [0.15, 0.2) is 5.01 Å². The zero-order valence-electron chi connectivity index (χ0n) is 8.26. The van der Waals surface area contributed by atoms with E-state index in [1.807, 2.05) is 18.2 Å². The van der Waals surface area contributed by atoms with Crippen LogP contribution in [0.15, 0.2) is 24.3 Å². The maximum Gasteiger partial charge on any atom is 0.207 e. The summed E-state index contributed by atoms with van der Waals surface area (Å²) in [7, 11) is 0. The molecule has 0 fully saturated rings. The van der Waals surface area contributed by atoms with E-state index in [0.717, 1.165) is 5.56 Å². The molecule has 0 aliphatic carbocycles. The Morgan fingerprint density at radius 2 is 2.12 bits per heavy atom. The minimum Gasteiger partial charge on any atom is -0.486 e. The zero-order valence-corrected chi connectivity index (χ0v) is 9.83. The second kappa shape index (κ2) is 5.25. The zero-order chi connectivity index (χ0) is 11.4. The van der Waals surface area contributed by atoms with Crippen LogP contribution in [0.1, 0.15) is 10.6 Å². The van der Waals surface area contributed by atoms with Gasteiger partial charge in [-0.05, 0) is 17.7 Å². The molecule has 0 radical (unpaired) electrons. The van der Waals surface area contributed by atoms with Crippen molar-refractivity contribution < 1.29 is 9.84 Å². The third-order valence-electron chi connectivity index (χ3n) is 1.94. The van der Waals surface area contributed by atoms with Gasteiger partial charge in [0.2, 0.25) is 4.47 Å². The smallest absolute Gasteiger partial charge is 0.207 e. The number of hydrogen-bond acceptors (Lipinski definition) is 5. The van der Waals surface area contributed by atoms with Gasteiger partial charge in [0.05, 0.1) is 6.61 Å². The van der Waals surface area contributed by atoms with Crippen LogP contribution in [0.3, 0.4) is 0 Å². The van der Waals surface area contributed by atoms with E-state index in [-0.39, 0.29) is 6.61 Å². The van der Waals surface area contributed by atoms with Crippen LogP contribution < -0.4 is 4.74 Å². The molecule has 0 amide bonds. The number of halogens is 1. The van der Waals surface area contributed by atoms with E-state index in [1.165, 1.54) is 11.3 Å². The van der Waals surface area contributed by atoms with Gasteiger partial charge in [-0.25, -0.2) is 0 Å². The van der Waals surface area contributed by atoms with Crippen molar-refractivity contribution in [1.29, 1.82) is 0 Å². The number of aliphatic hydroxyl groups excluding tert-OH is 1. The maximum absolute atomic E-state index is 9.09. The molecule has 84 valence electrons. The molecule has 1 N–H and O–H groups in total. The van der Waals surface area contributed by atoms with Gasteiger partial charge in [-0.2, -0.15) is 0 Å². The normalized spacial score (nSPS) is 10.4. The van der Waals surface area contributed by atoms with Gasteiger partial charge in [0, 0.05) is 5.56 Å². The standard InChI is InChI=1S/C10H9ClN2O2S/c11-10-13-12-9(16-10)6-15-8-4-2-1-3-7(8)5-14/h1-4,14H,5-6H2. The lowest BCUT2D eigenvalue weighted by atomic mass is 10.2. The van der Waals surface area contributed by atoms with Crippen LogP contribution in [-0.4, -0.2) is 15.3 Å². The topological polar surface area (TPSA) is 55.2 Å². The lowest BCUT2D eigenvalue weighted by molar-refractivity contribution is 0.258. The van der Waals surface area contributed by atoms with Crippen LogP contribution in [0.25, 0.3) is 0 Å². The first kappa shape index (κ1) is 11.3. The van der Waals surface area contributed by atoms with Crippen molar-refractivity contribution in [2.24, 2.45) is 0 Å². The first-order chi connectivity index (χ1) is 7.79. The molecule has 0 aliphatic rings. The lowest BCUT2D eigenvalue weighted by Gasteiger charge is -2.07. The van der Waals surface area contributed by atoms with Crippen molar-refractivity contribution in [3.63, 3.8) is 0 Å². The van der Waals surface area contributed by atoms with Gasteiger partial charge in [0.25, 0.3) is 0 Å². The molecule has 2 rings (SSSR count). The molecule has 0 bridgehead atoms. The van der Waals surface area contributed by atoms with Crippen molar-refractivity contribution in [3.8, 4) is 5.75 Å². The monoisotopic (exact) mass is 256 g/mol. The number of aromatic nitrogens is 2. The summed E-state index contributed by atoms with van der Waals surface area (Å²) in [6.45, 7) is 0.258. The highest BCUT2D eigenvalue weighted by Crippen LogP contribution is 2.21. The van der Waals surface area contributed by atoms with Crippen LogP contribution in [0.4, 0.5) is 0 Å². The Kier molecular flexibility index (Phi) is 3.71. The molecule has 0 saturated heterocycles. The molecule has 1 aromatic heterocycles. The van der Waals surface area contributed by atoms with Crippen LogP contribution >= 0.6 is 22.9 Å². The van der Waals surface area contributed by atoms with Crippen LogP contribution in [0.2, 0.25) is 4.47 Å². The summed E-state index contributed by atoms with van der Waals surface area (Å²) in [4.78, 5) is 0. The van der Waals surface area contributed by atoms with E-state index in [2.05, 4.69) is 10.2 Å². The molecule has 2 aromatic rings. The minimum atomic E-state index is -0.0486. The first-order valence-electron chi connectivity index (χ1n) is 4.59. The second-order valence-electron chi connectivity index (χ2n) is 3.00. The Hall–Kier alpha value is -1.17. The molecule has 16 heavy (non-hydrogen) atoms. The third kappa shape index (κ3) is 2.69. The molecule has 0 unspecified atom stereocenters. The molecular weight excluding hydrogens is 248 g/mol. The van der Waals surface area contributed by atoms with Crippen LogP contribution in [-0.2, 0) is 13.2 Å². The lowest BCUT2D eigenvalue weighted by Crippen LogP contribution is -1.98. The molecule has 0 aliphatic heterocycles. The fraction of sp³-hybridized carbons (Fsp3) is 0.200. The summed E-state index contributed by atoms with van der Waals surface area (Å²) in [5.41, 5.74) is 0.748. The largest absolute Gasteiger partial charge is 0.486 e. The van der Waals surface area contributed by atoms with Crippen molar-refractivity contribution in [3.05, 3.63) is 39.3 Å². The fourth-order valence-electron chi connectivity index (χ4n) is 1.21. The van der Waals surface area contributed by atoms with Gasteiger partial charge < -0.3 is 9.84 Å². The Morgan fingerprint density at radius 1 is 1.31 bits per heavy atom. The Bertz CT molecular complexity index is 475. The van der Waals surface area contributed by atoms with E-state index in [1.54, 1.807) is 6.07 Å². The summed E-state index contributed by atoms with van der Waals surface area (Å²) >= 11 is 6.93. The van der Waals surface area contributed by atoms with E-state index in [4.69, 9.17) is 21.4 Å². The second-order valence-corrected chi connectivity index (χ2v) is 4.65. The van der Waals surface area contributed by atoms with Crippen LogP contribution in [0, 0.1) is 0 Å². The number of rotatable bonds is 4. The SMILES string of the molecule is OCc1ccccc1OCc1nnc(Cl)s1. The highest BCUT2D eigenvalue weighted by molar-refractivity contribution is 7.15. The summed E-state index contributed by atoms with van der Waals surface area (Å²) < 4.78 is 5.91. The first-order valence-corrected chi connectivity index (χ1v) is 5.78. The molecule has 1 heterocycles. The minimum absolute atomic E-state index is 0.0486. The predicted molar refractivity (Wildman–Crippen MR) is 61.6 cm³/mol. The number of ether oxygens (including phenoxy) is 1. The molecule has 1 aromatic carbocycles. The molecule has 0 atom stereocenters. The van der Waals surface area contributed by atoms with Gasteiger partial charge in [0.1, 0.15) is 12.4 Å². The molecule has 6 heteroatoms. The number of benzene rings is 1. The fourth-order valence-corrected chi connectivity index (χ4v) is 1.99. The molecule has 0 saturated carbocycles. The Balaban J connectivity index is 2.04. The van der Waals surface area contributed by atoms with Crippen LogP contribution in [0.5, 0.6) is 5.75 Å². The summed E-state index contributed by atoms with van der Waals surface area (Å²) in [6, 6.07) is 7.30. The van der Waals surface area contributed by atoms with Crippen molar-refractivity contribution in [1.82, 2.24) is 10.2 Å². The maximum atomic E-state index is 9.09. The van der Waals surface area contributed by atoms with Gasteiger partial charge in [-0.15, -0.1) is 10.2 Å². The molecular formula is C10H9ClN2O2S. The molecule has 4 nitrogen and oxygen atoms in total. The third-order valence-corrected chi connectivity index (χ3v) is 2.93. The Morgan fingerprint density at radius 3 is 2.81 bits per heavy atom. The van der Waals surface area contributed by atoms with E-state index >= 15 is 0 Å². The van der Waals surface area contributed by atoms with E-state index in [0.29, 0.717) is 21.8 Å². The number of para-hydroxylation sites is 1. The summed E-state index contributed by atoms with van der Waals surface area (Å²) in [6.07, 6.45) is 0. The number of hydrogen-bond donors (Lipinski definition) is 1. The summed E-state index contributed by atoms with van der Waals surface area (Å²) in [5, 5.41) is 17.3. The Labute approximate surface area is 101 Å².